The molecule has 1 aliphatic heterocycles. The molecule has 1 amide bonds. The quantitative estimate of drug-likeness (QED) is 0.844. The number of nitrogens with zero attached hydrogens (tertiary/aromatic N) is 1. The van der Waals surface area contributed by atoms with Gasteiger partial charge in [0, 0.05) is 25.3 Å². The number of rotatable bonds is 5. The van der Waals surface area contributed by atoms with E-state index in [4.69, 9.17) is 4.74 Å². The van der Waals surface area contributed by atoms with Crippen molar-refractivity contribution in [1.82, 2.24) is 4.90 Å². The maximum absolute atomic E-state index is 12.6. The molecule has 0 aromatic heterocycles. The van der Waals surface area contributed by atoms with Crippen LogP contribution in [0.5, 0.6) is 5.75 Å². The van der Waals surface area contributed by atoms with E-state index in [1.54, 1.807) is 12.1 Å². The minimum Gasteiger partial charge on any atom is -0.508 e. The lowest BCUT2D eigenvalue weighted by Crippen LogP contribution is -2.32. The Bertz CT molecular complexity index is 630. The molecule has 0 saturated heterocycles. The Morgan fingerprint density at radius 1 is 1.00 bits per heavy atom. The van der Waals surface area contributed by atoms with Crippen molar-refractivity contribution in [2.45, 2.75) is 70.4 Å². The summed E-state index contributed by atoms with van der Waals surface area (Å²) in [5.74, 6) is 1.57. The molecular weight excluding hydrogens is 326 g/mol. The molecule has 1 N–H and O–H groups in total. The van der Waals surface area contributed by atoms with Gasteiger partial charge in [-0.2, -0.15) is 0 Å². The molecule has 4 rings (SSSR count). The van der Waals surface area contributed by atoms with Gasteiger partial charge in [-0.3, -0.25) is 4.79 Å². The van der Waals surface area contributed by atoms with E-state index in [-0.39, 0.29) is 11.7 Å². The van der Waals surface area contributed by atoms with Crippen LogP contribution in [-0.2, 0) is 11.3 Å². The van der Waals surface area contributed by atoms with Gasteiger partial charge < -0.3 is 14.7 Å². The molecule has 1 aromatic rings. The van der Waals surface area contributed by atoms with Gasteiger partial charge in [-0.05, 0) is 68.1 Å². The largest absolute Gasteiger partial charge is 0.508 e. The monoisotopic (exact) mass is 357 g/mol. The zero-order valence-electron chi connectivity index (χ0n) is 15.7. The van der Waals surface area contributed by atoms with Crippen LogP contribution in [0.15, 0.2) is 18.2 Å². The third kappa shape index (κ3) is 4.06. The molecule has 1 aromatic carbocycles. The van der Waals surface area contributed by atoms with E-state index in [2.05, 4.69) is 0 Å². The van der Waals surface area contributed by atoms with Crippen molar-refractivity contribution in [3.05, 3.63) is 29.3 Å². The number of benzene rings is 1. The fourth-order valence-electron chi connectivity index (χ4n) is 4.89. The highest BCUT2D eigenvalue weighted by Gasteiger charge is 2.31. The number of phenols is 1. The van der Waals surface area contributed by atoms with Gasteiger partial charge in [-0.1, -0.05) is 25.3 Å². The minimum atomic E-state index is 0.0821. The Balaban J connectivity index is 1.21. The molecule has 0 spiro atoms. The second kappa shape index (κ2) is 7.99. The topological polar surface area (TPSA) is 49.8 Å². The van der Waals surface area contributed by atoms with Crippen molar-refractivity contribution in [3.63, 3.8) is 0 Å². The summed E-state index contributed by atoms with van der Waals surface area (Å²) in [7, 11) is 0. The fraction of sp³-hybridized carbons (Fsp3) is 0.682. The van der Waals surface area contributed by atoms with Crippen LogP contribution < -0.4 is 0 Å². The summed E-state index contributed by atoms with van der Waals surface area (Å²) in [6, 6.07) is 5.16. The third-order valence-electron chi connectivity index (χ3n) is 6.54. The molecule has 142 valence electrons. The van der Waals surface area contributed by atoms with Crippen molar-refractivity contribution in [2.75, 3.05) is 13.2 Å². The highest BCUT2D eigenvalue weighted by molar-refractivity contribution is 5.98. The Labute approximate surface area is 156 Å². The summed E-state index contributed by atoms with van der Waals surface area (Å²) in [4.78, 5) is 14.5. The smallest absolute Gasteiger partial charge is 0.254 e. The maximum atomic E-state index is 12.6. The number of aromatic hydroxyl groups is 1. The van der Waals surface area contributed by atoms with E-state index in [9.17, 15) is 9.90 Å². The molecule has 1 heterocycles. The van der Waals surface area contributed by atoms with Gasteiger partial charge in [0.2, 0.25) is 0 Å². The van der Waals surface area contributed by atoms with E-state index in [1.807, 2.05) is 11.0 Å². The first kappa shape index (κ1) is 17.8. The van der Waals surface area contributed by atoms with E-state index in [0.29, 0.717) is 30.0 Å². The van der Waals surface area contributed by atoms with Gasteiger partial charge >= 0.3 is 0 Å². The zero-order valence-corrected chi connectivity index (χ0v) is 15.7. The number of ether oxygens (including phenoxy) is 1. The average molecular weight is 357 g/mol. The van der Waals surface area contributed by atoms with Crippen LogP contribution in [0.1, 0.15) is 73.7 Å². The lowest BCUT2D eigenvalue weighted by atomic mass is 9.82. The molecule has 0 bridgehead atoms. The predicted molar refractivity (Wildman–Crippen MR) is 101 cm³/mol. The summed E-state index contributed by atoms with van der Waals surface area (Å²) in [6.07, 6.45) is 11.9. The van der Waals surface area contributed by atoms with Crippen LogP contribution in [0.4, 0.5) is 0 Å². The van der Waals surface area contributed by atoms with Gasteiger partial charge in [-0.15, -0.1) is 0 Å². The molecule has 0 radical (unpaired) electrons. The Morgan fingerprint density at radius 3 is 2.50 bits per heavy atom. The number of fused-ring (bicyclic) bond motifs is 1. The molecule has 4 nitrogen and oxygen atoms in total. The second-order valence-electron chi connectivity index (χ2n) is 8.51. The van der Waals surface area contributed by atoms with Crippen molar-refractivity contribution in [3.8, 4) is 5.75 Å². The van der Waals surface area contributed by atoms with Gasteiger partial charge in [0.05, 0.1) is 6.10 Å². The average Bonchev–Trinajstić information content (AvgIpc) is 2.97. The lowest BCUT2D eigenvalue weighted by Gasteiger charge is -2.32. The Kier molecular flexibility index (Phi) is 5.49. The summed E-state index contributed by atoms with van der Waals surface area (Å²) in [5.41, 5.74) is 1.72. The third-order valence-corrected chi connectivity index (χ3v) is 6.54. The van der Waals surface area contributed by atoms with Crippen LogP contribution in [-0.4, -0.2) is 35.2 Å². The summed E-state index contributed by atoms with van der Waals surface area (Å²) < 4.78 is 6.17. The Morgan fingerprint density at radius 2 is 1.73 bits per heavy atom. The SMILES string of the molecule is O=C1c2cc(O)ccc2CN1C[C@H]1CC[C@H](COC2CCCCC2)CC1. The van der Waals surface area contributed by atoms with E-state index in [1.165, 1.54) is 57.8 Å². The number of hydrogen-bond acceptors (Lipinski definition) is 3. The number of hydrogen-bond donors (Lipinski definition) is 1. The highest BCUT2D eigenvalue weighted by atomic mass is 16.5. The molecule has 2 aliphatic carbocycles. The standard InChI is InChI=1S/C22H31NO3/c24-19-11-10-18-14-23(22(25)21(18)12-19)13-16-6-8-17(9-7-16)15-26-20-4-2-1-3-5-20/h10-12,16-17,20,24H,1-9,13-15H2/t16-,17-. The lowest BCUT2D eigenvalue weighted by molar-refractivity contribution is -0.00281. The van der Waals surface area contributed by atoms with Crippen LogP contribution in [0, 0.1) is 11.8 Å². The molecule has 3 aliphatic rings. The predicted octanol–water partition coefficient (Wildman–Crippen LogP) is 4.50. The Hall–Kier alpha value is -1.55. The van der Waals surface area contributed by atoms with Gasteiger partial charge in [0.1, 0.15) is 5.75 Å². The van der Waals surface area contributed by atoms with E-state index < -0.39 is 0 Å². The summed E-state index contributed by atoms with van der Waals surface area (Å²) >= 11 is 0. The first-order valence-electron chi connectivity index (χ1n) is 10.4. The van der Waals surface area contributed by atoms with Gasteiger partial charge in [0.15, 0.2) is 0 Å². The van der Waals surface area contributed by atoms with Crippen molar-refractivity contribution in [2.24, 2.45) is 11.8 Å². The molecule has 26 heavy (non-hydrogen) atoms. The molecule has 4 heteroatoms. The fourth-order valence-corrected chi connectivity index (χ4v) is 4.89. The van der Waals surface area contributed by atoms with E-state index >= 15 is 0 Å². The maximum Gasteiger partial charge on any atom is 0.254 e. The molecule has 0 atom stereocenters. The molecule has 2 saturated carbocycles. The number of carbonyl (C=O) groups excluding carboxylic acids is 1. The molecule has 0 unspecified atom stereocenters. The summed E-state index contributed by atoms with van der Waals surface area (Å²) in [6.45, 7) is 2.48. The molecule has 2 fully saturated rings. The zero-order chi connectivity index (χ0) is 17.9. The number of phenolic OH excluding ortho intramolecular Hbond substituents is 1. The second-order valence-corrected chi connectivity index (χ2v) is 8.51. The number of amides is 1. The summed E-state index contributed by atoms with van der Waals surface area (Å²) in [5, 5.41) is 9.61. The highest BCUT2D eigenvalue weighted by Crippen LogP contribution is 2.33. The van der Waals surface area contributed by atoms with E-state index in [0.717, 1.165) is 18.7 Å². The van der Waals surface area contributed by atoms with Gasteiger partial charge in [-0.25, -0.2) is 0 Å². The number of carbonyl (C=O) groups is 1. The van der Waals surface area contributed by atoms with Crippen molar-refractivity contribution in [1.29, 1.82) is 0 Å². The van der Waals surface area contributed by atoms with Crippen LogP contribution in [0.2, 0.25) is 0 Å². The van der Waals surface area contributed by atoms with Crippen LogP contribution in [0.25, 0.3) is 0 Å². The first-order chi connectivity index (χ1) is 12.7. The molecular formula is C22H31NO3. The normalized spacial score (nSPS) is 26.9. The first-order valence-corrected chi connectivity index (χ1v) is 10.4. The van der Waals surface area contributed by atoms with Crippen LogP contribution in [0.3, 0.4) is 0 Å². The minimum absolute atomic E-state index is 0.0821. The van der Waals surface area contributed by atoms with Gasteiger partial charge in [0.25, 0.3) is 5.91 Å². The van der Waals surface area contributed by atoms with Crippen molar-refractivity contribution < 1.29 is 14.6 Å². The van der Waals surface area contributed by atoms with Crippen LogP contribution >= 0.6 is 0 Å². The van der Waals surface area contributed by atoms with Crippen molar-refractivity contribution >= 4 is 5.91 Å².